The minimum Gasteiger partial charge on any atom is -0.385 e. The first kappa shape index (κ1) is 27.7. The number of alkyl halides is 1. The second-order valence-corrected chi connectivity index (χ2v) is 11.0. The van der Waals surface area contributed by atoms with E-state index in [9.17, 15) is 9.90 Å². The maximum atomic E-state index is 12.7. The SMILES string of the molecule is CC(CCC(NC(=O)CCCl)N1CCC(O)(c2ccc(Cl)cc2)CC1)(c1ccccc1)c1ccccc1. The molecule has 1 aliphatic rings. The summed E-state index contributed by atoms with van der Waals surface area (Å²) in [5.74, 6) is 0.250. The maximum absolute atomic E-state index is 12.7. The zero-order valence-corrected chi connectivity index (χ0v) is 22.9. The van der Waals surface area contributed by atoms with E-state index in [2.05, 4.69) is 65.7 Å². The Morgan fingerprint density at radius 3 is 2.03 bits per heavy atom. The van der Waals surface area contributed by atoms with E-state index in [0.717, 1.165) is 18.4 Å². The molecule has 1 aliphatic heterocycles. The number of carbonyl (C=O) groups is 1. The Labute approximate surface area is 230 Å². The van der Waals surface area contributed by atoms with Gasteiger partial charge in [0, 0.05) is 35.8 Å². The summed E-state index contributed by atoms with van der Waals surface area (Å²) in [6.45, 7) is 3.64. The van der Waals surface area contributed by atoms with Gasteiger partial charge >= 0.3 is 0 Å². The highest BCUT2D eigenvalue weighted by molar-refractivity contribution is 6.30. The van der Waals surface area contributed by atoms with E-state index in [0.29, 0.717) is 36.8 Å². The Morgan fingerprint density at radius 2 is 1.51 bits per heavy atom. The molecule has 0 radical (unpaired) electrons. The molecule has 0 spiro atoms. The van der Waals surface area contributed by atoms with E-state index < -0.39 is 5.60 Å². The van der Waals surface area contributed by atoms with Crippen LogP contribution in [0.3, 0.4) is 0 Å². The van der Waals surface area contributed by atoms with Crippen molar-refractivity contribution >= 4 is 29.1 Å². The quantitative estimate of drug-likeness (QED) is 0.290. The Balaban J connectivity index is 1.53. The number of benzene rings is 3. The number of carbonyl (C=O) groups excluding carboxylic acids is 1. The van der Waals surface area contributed by atoms with Crippen molar-refractivity contribution in [3.05, 3.63) is 107 Å². The molecular weight excluding hydrogens is 503 g/mol. The number of rotatable bonds is 10. The van der Waals surface area contributed by atoms with Crippen molar-refractivity contribution in [3.8, 4) is 0 Å². The van der Waals surface area contributed by atoms with E-state index in [1.807, 2.05) is 36.4 Å². The van der Waals surface area contributed by atoms with Crippen molar-refractivity contribution in [1.29, 1.82) is 0 Å². The average molecular weight is 540 g/mol. The minimum atomic E-state index is -0.894. The Bertz CT molecular complexity index is 1090. The second kappa shape index (κ2) is 12.4. The monoisotopic (exact) mass is 538 g/mol. The van der Waals surface area contributed by atoms with E-state index in [1.165, 1.54) is 11.1 Å². The molecule has 196 valence electrons. The second-order valence-electron chi connectivity index (χ2n) is 10.2. The van der Waals surface area contributed by atoms with Gasteiger partial charge < -0.3 is 10.4 Å². The lowest BCUT2D eigenvalue weighted by atomic mass is 9.72. The fourth-order valence-corrected chi connectivity index (χ4v) is 5.73. The highest BCUT2D eigenvalue weighted by Gasteiger charge is 2.37. The highest BCUT2D eigenvalue weighted by Crippen LogP contribution is 2.38. The van der Waals surface area contributed by atoms with Gasteiger partial charge in [0.15, 0.2) is 0 Å². The molecule has 1 atom stereocenters. The van der Waals surface area contributed by atoms with Gasteiger partial charge in [-0.15, -0.1) is 11.6 Å². The predicted molar refractivity (Wildman–Crippen MR) is 152 cm³/mol. The number of halogens is 2. The third-order valence-corrected chi connectivity index (χ3v) is 8.28. The zero-order valence-electron chi connectivity index (χ0n) is 21.4. The van der Waals surface area contributed by atoms with Crippen LogP contribution in [-0.4, -0.2) is 41.0 Å². The number of hydrogen-bond acceptors (Lipinski definition) is 3. The van der Waals surface area contributed by atoms with E-state index in [-0.39, 0.29) is 23.9 Å². The largest absolute Gasteiger partial charge is 0.385 e. The summed E-state index contributed by atoms with van der Waals surface area (Å²) in [4.78, 5) is 15.0. The fourth-order valence-electron chi connectivity index (χ4n) is 5.44. The third-order valence-electron chi connectivity index (χ3n) is 7.84. The molecule has 0 saturated carbocycles. The van der Waals surface area contributed by atoms with E-state index >= 15 is 0 Å². The molecule has 0 bridgehead atoms. The van der Waals surface area contributed by atoms with Crippen LogP contribution in [0.2, 0.25) is 5.02 Å². The van der Waals surface area contributed by atoms with Crippen LogP contribution in [0, 0.1) is 0 Å². The number of amides is 1. The van der Waals surface area contributed by atoms with Gasteiger partial charge in [-0.05, 0) is 54.5 Å². The third kappa shape index (κ3) is 6.74. The molecule has 1 saturated heterocycles. The molecule has 37 heavy (non-hydrogen) atoms. The van der Waals surface area contributed by atoms with Crippen molar-refractivity contribution in [2.75, 3.05) is 19.0 Å². The summed E-state index contributed by atoms with van der Waals surface area (Å²) < 4.78 is 0. The molecule has 6 heteroatoms. The summed E-state index contributed by atoms with van der Waals surface area (Å²) in [5.41, 5.74) is 2.29. The lowest BCUT2D eigenvalue weighted by molar-refractivity contribution is -0.123. The van der Waals surface area contributed by atoms with Gasteiger partial charge in [-0.1, -0.05) is 91.3 Å². The molecule has 3 aromatic rings. The zero-order chi connectivity index (χ0) is 26.3. The summed E-state index contributed by atoms with van der Waals surface area (Å²) in [5, 5.41) is 15.3. The van der Waals surface area contributed by atoms with Crippen molar-refractivity contribution in [2.45, 2.75) is 56.2 Å². The molecule has 1 heterocycles. The Morgan fingerprint density at radius 1 is 0.973 bits per heavy atom. The van der Waals surface area contributed by atoms with E-state index in [4.69, 9.17) is 23.2 Å². The van der Waals surface area contributed by atoms with E-state index in [1.54, 1.807) is 0 Å². The molecule has 4 rings (SSSR count). The van der Waals surface area contributed by atoms with Gasteiger partial charge in [-0.25, -0.2) is 0 Å². The van der Waals surface area contributed by atoms with Gasteiger partial charge in [0.05, 0.1) is 11.8 Å². The lowest BCUT2D eigenvalue weighted by Crippen LogP contribution is -2.54. The van der Waals surface area contributed by atoms with Crippen LogP contribution in [-0.2, 0) is 15.8 Å². The highest BCUT2D eigenvalue weighted by atomic mass is 35.5. The molecule has 3 aromatic carbocycles. The summed E-state index contributed by atoms with van der Waals surface area (Å²) in [6, 6.07) is 28.6. The molecule has 1 fully saturated rings. The van der Waals surface area contributed by atoms with Crippen molar-refractivity contribution < 1.29 is 9.90 Å². The van der Waals surface area contributed by atoms with Gasteiger partial charge in [0.2, 0.25) is 5.91 Å². The smallest absolute Gasteiger partial charge is 0.222 e. The number of likely N-dealkylation sites (tertiary alicyclic amines) is 1. The first-order chi connectivity index (χ1) is 17.8. The lowest BCUT2D eigenvalue weighted by Gasteiger charge is -2.43. The fraction of sp³-hybridized carbons (Fsp3) is 0.387. The first-order valence-electron chi connectivity index (χ1n) is 13.0. The minimum absolute atomic E-state index is 0.0420. The average Bonchev–Trinajstić information content (AvgIpc) is 2.93. The number of hydrogen-bond donors (Lipinski definition) is 2. The number of piperidine rings is 1. The molecule has 0 aromatic heterocycles. The van der Waals surface area contributed by atoms with Gasteiger partial charge in [0.1, 0.15) is 0 Å². The summed E-state index contributed by atoms with van der Waals surface area (Å²) in [7, 11) is 0. The Hall–Kier alpha value is -2.37. The standard InChI is InChI=1S/C31H36Cl2N2O2/c1-30(24-8-4-2-5-9-24,25-10-6-3-7-11-25)18-16-28(34-29(36)17-21-32)35-22-19-31(37,20-23-35)26-12-14-27(33)15-13-26/h2-15,28,37H,16-23H2,1H3,(H,34,36). The van der Waals surface area contributed by atoms with Crippen LogP contribution < -0.4 is 5.32 Å². The predicted octanol–water partition coefficient (Wildman–Crippen LogP) is 6.48. The van der Waals surface area contributed by atoms with Crippen molar-refractivity contribution in [3.63, 3.8) is 0 Å². The molecule has 0 aliphatic carbocycles. The number of nitrogens with zero attached hydrogens (tertiary/aromatic N) is 1. The maximum Gasteiger partial charge on any atom is 0.222 e. The van der Waals surface area contributed by atoms with Crippen LogP contribution >= 0.6 is 23.2 Å². The number of aliphatic hydroxyl groups is 1. The molecule has 1 unspecified atom stereocenters. The normalized spacial score (nSPS) is 16.8. The first-order valence-corrected chi connectivity index (χ1v) is 13.9. The molecule has 1 amide bonds. The molecule has 2 N–H and O–H groups in total. The van der Waals surface area contributed by atoms with Gasteiger partial charge in [-0.2, -0.15) is 0 Å². The van der Waals surface area contributed by atoms with Crippen LogP contribution in [0.5, 0.6) is 0 Å². The van der Waals surface area contributed by atoms with Crippen LogP contribution in [0.15, 0.2) is 84.9 Å². The number of nitrogens with one attached hydrogen (secondary N) is 1. The van der Waals surface area contributed by atoms with Crippen LogP contribution in [0.4, 0.5) is 0 Å². The van der Waals surface area contributed by atoms with Crippen molar-refractivity contribution in [1.82, 2.24) is 10.2 Å². The summed E-state index contributed by atoms with van der Waals surface area (Å²) >= 11 is 11.9. The van der Waals surface area contributed by atoms with Gasteiger partial charge in [-0.3, -0.25) is 9.69 Å². The summed E-state index contributed by atoms with van der Waals surface area (Å²) in [6.07, 6.45) is 2.95. The van der Waals surface area contributed by atoms with Crippen LogP contribution in [0.25, 0.3) is 0 Å². The topological polar surface area (TPSA) is 52.6 Å². The molecule has 4 nitrogen and oxygen atoms in total. The van der Waals surface area contributed by atoms with Gasteiger partial charge in [0.25, 0.3) is 0 Å². The Kier molecular flexibility index (Phi) is 9.31. The van der Waals surface area contributed by atoms with Crippen molar-refractivity contribution in [2.24, 2.45) is 0 Å². The molecular formula is C31H36Cl2N2O2. The van der Waals surface area contributed by atoms with Crippen LogP contribution in [0.1, 0.15) is 55.7 Å².